The fourth-order valence-corrected chi connectivity index (χ4v) is 9.79. The molecule has 3 heterocycles. The van der Waals surface area contributed by atoms with Crippen LogP contribution in [0.3, 0.4) is 0 Å². The molecule has 0 spiro atoms. The van der Waals surface area contributed by atoms with Crippen LogP contribution in [-0.4, -0.2) is 34.9 Å². The van der Waals surface area contributed by atoms with Gasteiger partial charge in [-0.05, 0) is 54.2 Å². The Balaban J connectivity index is 1.16. The topological polar surface area (TPSA) is 106 Å². The molecule has 0 saturated carbocycles. The van der Waals surface area contributed by atoms with Gasteiger partial charge in [0.1, 0.15) is 5.03 Å². The van der Waals surface area contributed by atoms with E-state index >= 15 is 0 Å². The van der Waals surface area contributed by atoms with Gasteiger partial charge in [0.15, 0.2) is 11.5 Å². The minimum Gasteiger partial charge on any atom is -0.465 e. The van der Waals surface area contributed by atoms with Crippen molar-refractivity contribution in [2.45, 2.75) is 77.6 Å². The van der Waals surface area contributed by atoms with E-state index in [0.29, 0.717) is 24.4 Å². The number of hydrogen-bond donors (Lipinski definition) is 0. The SMILES string of the molecule is CCOC(=O)C(C#N)C1Sc2ccc(C(C)(C)CCC3(C)OC(=O)C(=C4Sc5ccccc5N4Cc4ccccc4)C(=O)O3)cc2S1. The van der Waals surface area contributed by atoms with Crippen LogP contribution in [0.4, 0.5) is 5.69 Å². The van der Waals surface area contributed by atoms with Gasteiger partial charge in [-0.25, -0.2) is 9.59 Å². The van der Waals surface area contributed by atoms with E-state index in [1.807, 2.05) is 71.6 Å². The van der Waals surface area contributed by atoms with Crippen molar-refractivity contribution in [1.29, 1.82) is 5.26 Å². The highest BCUT2D eigenvalue weighted by molar-refractivity contribution is 8.19. The second-order valence-electron chi connectivity index (χ2n) is 12.2. The fourth-order valence-electron chi connectivity index (χ4n) is 5.69. The number of anilines is 1. The summed E-state index contributed by atoms with van der Waals surface area (Å²) in [6.07, 6.45) is 0.849. The van der Waals surface area contributed by atoms with Crippen molar-refractivity contribution < 1.29 is 28.6 Å². The van der Waals surface area contributed by atoms with Crippen molar-refractivity contribution in [1.82, 2.24) is 0 Å². The molecule has 0 aromatic heterocycles. The molecule has 6 rings (SSSR count). The molecule has 3 aromatic rings. The van der Waals surface area contributed by atoms with Gasteiger partial charge >= 0.3 is 17.9 Å². The van der Waals surface area contributed by atoms with Gasteiger partial charge in [0, 0.05) is 34.6 Å². The lowest BCUT2D eigenvalue weighted by Gasteiger charge is -2.37. The van der Waals surface area contributed by atoms with Crippen molar-refractivity contribution in [2.24, 2.45) is 5.92 Å². The third-order valence-electron chi connectivity index (χ3n) is 8.40. The minimum absolute atomic E-state index is 0.0972. The van der Waals surface area contributed by atoms with Crippen molar-refractivity contribution in [3.63, 3.8) is 0 Å². The van der Waals surface area contributed by atoms with Crippen LogP contribution in [-0.2, 0) is 40.6 Å². The number of para-hydroxylation sites is 1. The van der Waals surface area contributed by atoms with E-state index in [1.54, 1.807) is 13.8 Å². The number of nitriles is 1. The lowest BCUT2D eigenvalue weighted by Crippen LogP contribution is -2.46. The van der Waals surface area contributed by atoms with Crippen LogP contribution < -0.4 is 4.90 Å². The molecule has 8 nitrogen and oxygen atoms in total. The Morgan fingerprint density at radius 3 is 2.38 bits per heavy atom. The van der Waals surface area contributed by atoms with Crippen molar-refractivity contribution in [3.05, 3.63) is 94.5 Å². The van der Waals surface area contributed by atoms with E-state index in [4.69, 9.17) is 14.2 Å². The molecule has 0 bridgehead atoms. The van der Waals surface area contributed by atoms with Gasteiger partial charge in [0.2, 0.25) is 0 Å². The first-order chi connectivity index (χ1) is 22.5. The van der Waals surface area contributed by atoms with Gasteiger partial charge < -0.3 is 19.1 Å². The number of benzene rings is 3. The Hall–Kier alpha value is -3.85. The van der Waals surface area contributed by atoms with Crippen molar-refractivity contribution in [2.75, 3.05) is 11.5 Å². The third kappa shape index (κ3) is 6.77. The minimum atomic E-state index is -1.43. The van der Waals surface area contributed by atoms with Crippen molar-refractivity contribution in [3.8, 4) is 6.07 Å². The van der Waals surface area contributed by atoms with Crippen LogP contribution in [0.5, 0.6) is 0 Å². The second kappa shape index (κ2) is 13.3. The number of thioether (sulfide) groups is 3. The van der Waals surface area contributed by atoms with Crippen molar-refractivity contribution >= 4 is 58.9 Å². The molecular weight excluding hydrogens is 653 g/mol. The highest BCUT2D eigenvalue weighted by atomic mass is 32.2. The summed E-state index contributed by atoms with van der Waals surface area (Å²) >= 11 is 4.36. The number of hydrogen-bond acceptors (Lipinski definition) is 11. The van der Waals surface area contributed by atoms with Crippen LogP contribution >= 0.6 is 35.3 Å². The van der Waals surface area contributed by atoms with Crippen LogP contribution in [0.1, 0.15) is 51.7 Å². The molecule has 0 aliphatic carbocycles. The number of rotatable bonds is 9. The van der Waals surface area contributed by atoms with E-state index in [0.717, 1.165) is 31.5 Å². The number of esters is 3. The van der Waals surface area contributed by atoms with Crippen LogP contribution in [0.15, 0.2) is 98.1 Å². The van der Waals surface area contributed by atoms with E-state index in [1.165, 1.54) is 35.3 Å². The molecule has 3 aromatic carbocycles. The zero-order chi connectivity index (χ0) is 33.3. The lowest BCUT2D eigenvalue weighted by atomic mass is 9.79. The van der Waals surface area contributed by atoms with Crippen LogP contribution in [0, 0.1) is 17.2 Å². The molecule has 0 amide bonds. The number of ether oxygens (including phenoxy) is 3. The first kappa shape index (κ1) is 33.1. The predicted molar refractivity (Wildman–Crippen MR) is 182 cm³/mol. The molecule has 3 aliphatic heterocycles. The molecule has 0 radical (unpaired) electrons. The maximum Gasteiger partial charge on any atom is 0.351 e. The maximum atomic E-state index is 13.6. The number of cyclic esters (lactones) is 2. The summed E-state index contributed by atoms with van der Waals surface area (Å²) < 4.78 is 16.6. The molecule has 1 saturated heterocycles. The molecule has 1 fully saturated rings. The molecule has 3 aliphatic rings. The van der Waals surface area contributed by atoms with Gasteiger partial charge in [-0.3, -0.25) is 4.79 Å². The van der Waals surface area contributed by atoms with E-state index in [-0.39, 0.29) is 22.2 Å². The molecule has 47 heavy (non-hydrogen) atoms. The molecule has 11 heteroatoms. The Bertz CT molecular complexity index is 1780. The third-order valence-corrected chi connectivity index (χ3v) is 12.5. The summed E-state index contributed by atoms with van der Waals surface area (Å²) in [7, 11) is 0. The summed E-state index contributed by atoms with van der Waals surface area (Å²) in [5.74, 6) is -4.19. The van der Waals surface area contributed by atoms with Gasteiger partial charge in [-0.2, -0.15) is 5.26 Å². The average molecular weight is 687 g/mol. The Labute approximate surface area is 287 Å². The Kier molecular flexibility index (Phi) is 9.38. The van der Waals surface area contributed by atoms with Gasteiger partial charge in [-0.1, -0.05) is 74.1 Å². The molecule has 0 N–H and O–H groups in total. The molecular formula is C36H34N2O6S3. The van der Waals surface area contributed by atoms with Gasteiger partial charge in [0.05, 0.1) is 22.9 Å². The molecule has 2 atom stereocenters. The number of carbonyl (C=O) groups excluding carboxylic acids is 3. The standard InChI is InChI=1S/C36H34N2O6S3/c1-5-42-31(39)24(20-37)34-46-27-16-15-23(19-28(27)47-34)35(2,3)17-18-36(4)43-32(40)29(33(41)44-36)30-38(21-22-11-7-6-8-12-22)25-13-9-10-14-26(25)45-30/h6-16,19,24,34H,5,17-18,21H2,1-4H3. The highest BCUT2D eigenvalue weighted by Gasteiger charge is 2.47. The first-order valence-corrected chi connectivity index (χ1v) is 17.9. The summed E-state index contributed by atoms with van der Waals surface area (Å²) in [6, 6.07) is 25.9. The monoisotopic (exact) mass is 686 g/mol. The number of carbonyl (C=O) groups is 3. The summed E-state index contributed by atoms with van der Waals surface area (Å²) in [6.45, 7) is 8.25. The average Bonchev–Trinajstić information content (AvgIpc) is 3.62. The van der Waals surface area contributed by atoms with E-state index in [2.05, 4.69) is 26.0 Å². The van der Waals surface area contributed by atoms with Gasteiger partial charge in [-0.15, -0.1) is 23.5 Å². The largest absolute Gasteiger partial charge is 0.465 e. The smallest absolute Gasteiger partial charge is 0.351 e. The normalized spacial score (nSPS) is 21.0. The number of fused-ring (bicyclic) bond motifs is 2. The fraction of sp³-hybridized carbons (Fsp3) is 0.333. The first-order valence-electron chi connectivity index (χ1n) is 15.4. The highest BCUT2D eigenvalue weighted by Crippen LogP contribution is 2.52. The second-order valence-corrected chi connectivity index (χ2v) is 15.9. The number of nitrogens with zero attached hydrogens (tertiary/aromatic N) is 2. The predicted octanol–water partition coefficient (Wildman–Crippen LogP) is 7.81. The summed E-state index contributed by atoms with van der Waals surface area (Å²) in [5, 5.41) is 10.1. The van der Waals surface area contributed by atoms with Crippen LogP contribution in [0.25, 0.3) is 0 Å². The van der Waals surface area contributed by atoms with Gasteiger partial charge in [0.25, 0.3) is 5.79 Å². The molecule has 2 unspecified atom stereocenters. The lowest BCUT2D eigenvalue weighted by molar-refractivity contribution is -0.232. The van der Waals surface area contributed by atoms with E-state index in [9.17, 15) is 19.6 Å². The molecule has 242 valence electrons. The summed E-state index contributed by atoms with van der Waals surface area (Å²) in [4.78, 5) is 44.5. The zero-order valence-electron chi connectivity index (χ0n) is 26.5. The quantitative estimate of drug-likeness (QED) is 0.125. The van der Waals surface area contributed by atoms with E-state index < -0.39 is 29.6 Å². The summed E-state index contributed by atoms with van der Waals surface area (Å²) in [5.41, 5.74) is 2.53. The Morgan fingerprint density at radius 1 is 1.00 bits per heavy atom. The maximum absolute atomic E-state index is 13.6. The zero-order valence-corrected chi connectivity index (χ0v) is 28.9. The Morgan fingerprint density at radius 2 is 1.68 bits per heavy atom. The van der Waals surface area contributed by atoms with Crippen LogP contribution in [0.2, 0.25) is 0 Å².